The number of nitrogens with zero attached hydrogens (tertiary/aromatic N) is 1. The summed E-state index contributed by atoms with van der Waals surface area (Å²) in [6.45, 7) is 10.2. The first-order valence-corrected chi connectivity index (χ1v) is 10.2. The average molecular weight is 389 g/mol. The van der Waals surface area contributed by atoms with E-state index in [-0.39, 0.29) is 30.1 Å². The summed E-state index contributed by atoms with van der Waals surface area (Å²) in [6.07, 6.45) is 2.54. The molecule has 1 aliphatic carbocycles. The van der Waals surface area contributed by atoms with Gasteiger partial charge < -0.3 is 19.7 Å². The lowest BCUT2D eigenvalue weighted by Gasteiger charge is -2.49. The van der Waals surface area contributed by atoms with Gasteiger partial charge in [0.25, 0.3) is 0 Å². The minimum atomic E-state index is -0.536. The zero-order valence-corrected chi connectivity index (χ0v) is 17.5. The van der Waals surface area contributed by atoms with Crippen LogP contribution in [0.1, 0.15) is 53.9 Å². The smallest absolute Gasteiger partial charge is 0.410 e. The van der Waals surface area contributed by atoms with Gasteiger partial charge in [0.1, 0.15) is 11.4 Å². The Morgan fingerprint density at radius 1 is 1.14 bits per heavy atom. The summed E-state index contributed by atoms with van der Waals surface area (Å²) in [5.41, 5.74) is 0.206. The molecule has 1 aromatic rings. The van der Waals surface area contributed by atoms with Crippen LogP contribution < -0.4 is 10.1 Å². The number of carbonyl (C=O) groups is 2. The molecule has 3 atom stereocenters. The molecule has 0 unspecified atom stereocenters. The SMILES string of the molecule is CC(C)Oc1ccc(NC(=O)[C@H]2C[C@H]3CC[C@@H]2N(C(=O)OC(C)(C)C)C3)cc1. The molecule has 1 aromatic carbocycles. The second-order valence-electron chi connectivity index (χ2n) is 9.17. The number of carbonyl (C=O) groups excluding carboxylic acids is 2. The van der Waals surface area contributed by atoms with Gasteiger partial charge in [-0.25, -0.2) is 4.79 Å². The molecule has 1 saturated carbocycles. The van der Waals surface area contributed by atoms with Crippen molar-refractivity contribution >= 4 is 17.7 Å². The van der Waals surface area contributed by atoms with Gasteiger partial charge in [-0.2, -0.15) is 0 Å². The van der Waals surface area contributed by atoms with E-state index >= 15 is 0 Å². The third-order valence-corrected chi connectivity index (χ3v) is 5.24. The van der Waals surface area contributed by atoms with Crippen molar-refractivity contribution in [2.75, 3.05) is 11.9 Å². The van der Waals surface area contributed by atoms with Gasteiger partial charge in [0.2, 0.25) is 5.91 Å². The van der Waals surface area contributed by atoms with Crippen LogP contribution in [0.5, 0.6) is 5.75 Å². The Morgan fingerprint density at radius 3 is 2.39 bits per heavy atom. The molecule has 1 N–H and O–H groups in total. The molecule has 3 fully saturated rings. The van der Waals surface area contributed by atoms with Crippen LogP contribution in [0, 0.1) is 11.8 Å². The van der Waals surface area contributed by atoms with Gasteiger partial charge in [-0.1, -0.05) is 0 Å². The molecule has 4 rings (SSSR count). The normalized spacial score (nSPS) is 24.2. The van der Waals surface area contributed by atoms with E-state index in [0.29, 0.717) is 12.5 Å². The zero-order valence-electron chi connectivity index (χ0n) is 17.5. The van der Waals surface area contributed by atoms with Gasteiger partial charge in [-0.15, -0.1) is 0 Å². The van der Waals surface area contributed by atoms with Crippen molar-refractivity contribution < 1.29 is 19.1 Å². The highest BCUT2D eigenvalue weighted by atomic mass is 16.6. The number of rotatable bonds is 4. The van der Waals surface area contributed by atoms with Gasteiger partial charge in [-0.05, 0) is 84.1 Å². The zero-order chi connectivity index (χ0) is 20.5. The predicted molar refractivity (Wildman–Crippen MR) is 108 cm³/mol. The van der Waals surface area contributed by atoms with Gasteiger partial charge in [0.05, 0.1) is 12.0 Å². The third kappa shape index (κ3) is 4.97. The molecule has 3 aliphatic rings. The van der Waals surface area contributed by atoms with Crippen LogP contribution in [-0.4, -0.2) is 41.2 Å². The average Bonchev–Trinajstić information content (AvgIpc) is 2.61. The number of hydrogen-bond acceptors (Lipinski definition) is 4. The fourth-order valence-electron chi connectivity index (χ4n) is 4.13. The fraction of sp³-hybridized carbons (Fsp3) is 0.636. The van der Waals surface area contributed by atoms with E-state index in [1.54, 1.807) is 4.90 Å². The quantitative estimate of drug-likeness (QED) is 0.827. The van der Waals surface area contributed by atoms with Crippen molar-refractivity contribution in [1.82, 2.24) is 4.90 Å². The van der Waals surface area contributed by atoms with Crippen LogP contribution in [0.4, 0.5) is 10.5 Å². The molecule has 2 saturated heterocycles. The van der Waals surface area contributed by atoms with Crippen molar-refractivity contribution in [3.63, 3.8) is 0 Å². The number of amides is 2. The standard InChI is InChI=1S/C22H32N2O4/c1-14(2)27-17-9-7-16(8-10-17)23-20(25)18-12-15-6-11-19(18)24(13-15)21(26)28-22(3,4)5/h7-10,14-15,18-19H,6,11-13H2,1-5H3,(H,23,25)/t15-,18+,19+/m1/s1. The lowest BCUT2D eigenvalue weighted by Crippen LogP contribution is -2.58. The summed E-state index contributed by atoms with van der Waals surface area (Å²) in [7, 11) is 0. The fourth-order valence-corrected chi connectivity index (χ4v) is 4.13. The Kier molecular flexibility index (Phi) is 5.87. The molecule has 6 nitrogen and oxygen atoms in total. The third-order valence-electron chi connectivity index (χ3n) is 5.24. The van der Waals surface area contributed by atoms with Gasteiger partial charge in [-0.3, -0.25) is 4.79 Å². The molecule has 2 heterocycles. The summed E-state index contributed by atoms with van der Waals surface area (Å²) in [4.78, 5) is 27.3. The van der Waals surface area contributed by atoms with Crippen LogP contribution >= 0.6 is 0 Å². The monoisotopic (exact) mass is 388 g/mol. The molecular weight excluding hydrogens is 356 g/mol. The molecule has 28 heavy (non-hydrogen) atoms. The highest BCUT2D eigenvalue weighted by Gasteiger charge is 2.46. The van der Waals surface area contributed by atoms with Crippen molar-refractivity contribution in [2.24, 2.45) is 11.8 Å². The minimum absolute atomic E-state index is 0.0273. The van der Waals surface area contributed by atoms with E-state index < -0.39 is 5.60 Å². The summed E-state index contributed by atoms with van der Waals surface area (Å²) in [5, 5.41) is 3.01. The van der Waals surface area contributed by atoms with Crippen LogP contribution in [0.2, 0.25) is 0 Å². The molecule has 0 radical (unpaired) electrons. The van der Waals surface area contributed by atoms with E-state index in [2.05, 4.69) is 5.32 Å². The second-order valence-corrected chi connectivity index (χ2v) is 9.17. The maximum atomic E-state index is 13.0. The lowest BCUT2D eigenvalue weighted by molar-refractivity contribution is -0.126. The largest absolute Gasteiger partial charge is 0.491 e. The minimum Gasteiger partial charge on any atom is -0.491 e. The number of anilines is 1. The summed E-state index contributed by atoms with van der Waals surface area (Å²) in [5.74, 6) is 0.906. The lowest BCUT2D eigenvalue weighted by atomic mass is 9.72. The Labute approximate surface area is 167 Å². The summed E-state index contributed by atoms with van der Waals surface area (Å²) in [6, 6.07) is 7.32. The maximum absolute atomic E-state index is 13.0. The van der Waals surface area contributed by atoms with Crippen LogP contribution in [0.15, 0.2) is 24.3 Å². The summed E-state index contributed by atoms with van der Waals surface area (Å²) < 4.78 is 11.2. The summed E-state index contributed by atoms with van der Waals surface area (Å²) >= 11 is 0. The molecule has 6 heteroatoms. The van der Waals surface area contributed by atoms with Crippen molar-refractivity contribution in [3.05, 3.63) is 24.3 Å². The number of ether oxygens (including phenoxy) is 2. The van der Waals surface area contributed by atoms with Crippen LogP contribution in [0.25, 0.3) is 0 Å². The Hall–Kier alpha value is -2.24. The Bertz CT molecular complexity index is 708. The number of benzene rings is 1. The molecule has 2 amide bonds. The van der Waals surface area contributed by atoms with Gasteiger partial charge >= 0.3 is 6.09 Å². The van der Waals surface area contributed by atoms with E-state index in [1.807, 2.05) is 58.9 Å². The molecule has 0 spiro atoms. The topological polar surface area (TPSA) is 67.9 Å². The first kappa shape index (κ1) is 20.5. The first-order valence-electron chi connectivity index (χ1n) is 10.2. The number of fused-ring (bicyclic) bond motifs is 3. The number of hydrogen-bond donors (Lipinski definition) is 1. The van der Waals surface area contributed by atoms with E-state index in [4.69, 9.17) is 9.47 Å². The van der Waals surface area contributed by atoms with Gasteiger partial charge in [0, 0.05) is 18.3 Å². The molecule has 154 valence electrons. The highest BCUT2D eigenvalue weighted by Crippen LogP contribution is 2.40. The predicted octanol–water partition coefficient (Wildman–Crippen LogP) is 4.45. The van der Waals surface area contributed by atoms with Crippen molar-refractivity contribution in [3.8, 4) is 5.75 Å². The molecule has 0 aromatic heterocycles. The highest BCUT2D eigenvalue weighted by molar-refractivity contribution is 5.93. The molecular formula is C22H32N2O4. The van der Waals surface area contributed by atoms with Crippen molar-refractivity contribution in [1.29, 1.82) is 0 Å². The second kappa shape index (κ2) is 8.02. The molecule has 2 bridgehead atoms. The van der Waals surface area contributed by atoms with Crippen LogP contribution in [-0.2, 0) is 9.53 Å². The van der Waals surface area contributed by atoms with Crippen LogP contribution in [0.3, 0.4) is 0 Å². The van der Waals surface area contributed by atoms with E-state index in [0.717, 1.165) is 30.7 Å². The Balaban J connectivity index is 1.65. The number of piperidine rings is 2. The maximum Gasteiger partial charge on any atom is 0.410 e. The Morgan fingerprint density at radius 2 is 1.82 bits per heavy atom. The number of nitrogens with one attached hydrogen (secondary N) is 1. The van der Waals surface area contributed by atoms with E-state index in [9.17, 15) is 9.59 Å². The molecule has 2 aliphatic heterocycles. The van der Waals surface area contributed by atoms with E-state index in [1.165, 1.54) is 0 Å². The van der Waals surface area contributed by atoms with Gasteiger partial charge in [0.15, 0.2) is 0 Å². The first-order chi connectivity index (χ1) is 13.1. The van der Waals surface area contributed by atoms with Crippen molar-refractivity contribution in [2.45, 2.75) is 71.6 Å².